The zero-order chi connectivity index (χ0) is 13.1. The quantitative estimate of drug-likeness (QED) is 0.886. The van der Waals surface area contributed by atoms with E-state index in [-0.39, 0.29) is 17.7 Å². The lowest BCUT2D eigenvalue weighted by atomic mass is 10.1. The van der Waals surface area contributed by atoms with Crippen molar-refractivity contribution in [2.45, 2.75) is 19.0 Å². The highest BCUT2D eigenvalue weighted by atomic mass is 32.2. The zero-order valence-corrected chi connectivity index (χ0v) is 10.1. The highest BCUT2D eigenvalue weighted by Gasteiger charge is 2.13. The lowest BCUT2D eigenvalue weighted by Gasteiger charge is -2.10. The fourth-order valence-electron chi connectivity index (χ4n) is 1.36. The van der Waals surface area contributed by atoms with Crippen molar-refractivity contribution in [2.24, 2.45) is 0 Å². The van der Waals surface area contributed by atoms with Crippen LogP contribution in [0.1, 0.15) is 30.1 Å². The largest absolute Gasteiger partial charge is 0.388 e. The van der Waals surface area contributed by atoms with Crippen molar-refractivity contribution in [3.05, 3.63) is 35.4 Å². The number of halogens is 2. The number of rotatable bonds is 5. The van der Waals surface area contributed by atoms with Gasteiger partial charge in [0.1, 0.15) is 9.84 Å². The van der Waals surface area contributed by atoms with Crippen molar-refractivity contribution in [1.29, 1.82) is 0 Å². The van der Waals surface area contributed by atoms with E-state index in [0.717, 1.165) is 6.26 Å². The van der Waals surface area contributed by atoms with Crippen LogP contribution >= 0.6 is 0 Å². The molecule has 17 heavy (non-hydrogen) atoms. The molecule has 0 spiro atoms. The Morgan fingerprint density at radius 1 is 1.18 bits per heavy atom. The predicted molar refractivity (Wildman–Crippen MR) is 60.7 cm³/mol. The minimum absolute atomic E-state index is 0.0624. The van der Waals surface area contributed by atoms with Gasteiger partial charge in [0, 0.05) is 11.8 Å². The number of hydrogen-bond donors (Lipinski definition) is 1. The Balaban J connectivity index is 2.67. The Hall–Kier alpha value is -1.01. The number of benzene rings is 1. The van der Waals surface area contributed by atoms with Crippen LogP contribution in [0.3, 0.4) is 0 Å². The number of alkyl halides is 2. The molecule has 0 saturated heterocycles. The maximum Gasteiger partial charge on any atom is 0.263 e. The van der Waals surface area contributed by atoms with Gasteiger partial charge < -0.3 is 5.11 Å². The molecular weight excluding hydrogens is 250 g/mol. The molecule has 6 heteroatoms. The van der Waals surface area contributed by atoms with E-state index in [1.165, 1.54) is 24.3 Å². The first kappa shape index (κ1) is 14.1. The van der Waals surface area contributed by atoms with Gasteiger partial charge in [-0.05, 0) is 12.0 Å². The number of hydrogen-bond acceptors (Lipinski definition) is 3. The first-order valence-electron chi connectivity index (χ1n) is 5.03. The van der Waals surface area contributed by atoms with Crippen molar-refractivity contribution in [3.63, 3.8) is 0 Å². The molecule has 1 aromatic rings. The Bertz CT molecular complexity index is 454. The van der Waals surface area contributed by atoms with Crippen LogP contribution in [0.2, 0.25) is 0 Å². The summed E-state index contributed by atoms with van der Waals surface area (Å²) in [4.78, 5) is 0. The molecule has 0 radical (unpaired) electrons. The smallest absolute Gasteiger partial charge is 0.263 e. The lowest BCUT2D eigenvalue weighted by molar-refractivity contribution is 0.150. The summed E-state index contributed by atoms with van der Waals surface area (Å²) < 4.78 is 46.3. The molecule has 0 aromatic heterocycles. The molecule has 1 rings (SSSR count). The summed E-state index contributed by atoms with van der Waals surface area (Å²) in [6.45, 7) is 0. The molecule has 0 heterocycles. The molecule has 96 valence electrons. The van der Waals surface area contributed by atoms with Crippen LogP contribution in [0, 0.1) is 0 Å². The molecule has 1 atom stereocenters. The van der Waals surface area contributed by atoms with Gasteiger partial charge in [0.25, 0.3) is 6.43 Å². The highest BCUT2D eigenvalue weighted by Crippen LogP contribution is 2.22. The lowest BCUT2D eigenvalue weighted by Crippen LogP contribution is -2.08. The maximum atomic E-state index is 12.3. The third-order valence-electron chi connectivity index (χ3n) is 2.34. The molecule has 0 saturated carbocycles. The van der Waals surface area contributed by atoms with E-state index in [1.54, 1.807) is 0 Å². The molecule has 0 aliphatic carbocycles. The van der Waals surface area contributed by atoms with E-state index in [9.17, 15) is 22.3 Å². The normalized spacial score (nSPS) is 13.9. The van der Waals surface area contributed by atoms with Gasteiger partial charge in [-0.1, -0.05) is 24.3 Å². The summed E-state index contributed by atoms with van der Waals surface area (Å²) in [7, 11) is -3.13. The molecule has 0 aliphatic rings. The van der Waals surface area contributed by atoms with Crippen molar-refractivity contribution >= 4 is 9.84 Å². The van der Waals surface area contributed by atoms with Gasteiger partial charge in [0.05, 0.1) is 11.9 Å². The highest BCUT2D eigenvalue weighted by molar-refractivity contribution is 7.90. The Morgan fingerprint density at radius 3 is 2.06 bits per heavy atom. The SMILES string of the molecule is CS(=O)(=O)CCC(O)c1ccc(C(F)F)cc1. The Labute approximate surface area is 99.0 Å². The van der Waals surface area contributed by atoms with Gasteiger partial charge in [-0.25, -0.2) is 17.2 Å². The predicted octanol–water partition coefficient (Wildman–Crippen LogP) is 2.09. The molecule has 1 aromatic carbocycles. The fraction of sp³-hybridized carbons (Fsp3) is 0.455. The summed E-state index contributed by atoms with van der Waals surface area (Å²) in [6.07, 6.45) is -2.35. The molecule has 0 bridgehead atoms. The van der Waals surface area contributed by atoms with Crippen molar-refractivity contribution in [3.8, 4) is 0 Å². The minimum atomic E-state index is -3.13. The van der Waals surface area contributed by atoms with E-state index >= 15 is 0 Å². The van der Waals surface area contributed by atoms with Crippen molar-refractivity contribution < 1.29 is 22.3 Å². The molecule has 1 unspecified atom stereocenters. The van der Waals surface area contributed by atoms with Crippen LogP contribution < -0.4 is 0 Å². The zero-order valence-electron chi connectivity index (χ0n) is 9.31. The van der Waals surface area contributed by atoms with Gasteiger partial charge in [-0.15, -0.1) is 0 Å². The van der Waals surface area contributed by atoms with Crippen LogP contribution in [0.25, 0.3) is 0 Å². The van der Waals surface area contributed by atoms with Crippen molar-refractivity contribution in [1.82, 2.24) is 0 Å². The Kier molecular flexibility index (Phi) is 4.59. The summed E-state index contributed by atoms with van der Waals surface area (Å²) >= 11 is 0. The molecule has 0 fully saturated rings. The Morgan fingerprint density at radius 2 is 1.65 bits per heavy atom. The van der Waals surface area contributed by atoms with Crippen LogP contribution in [-0.4, -0.2) is 25.5 Å². The standard InChI is InChI=1S/C11H14F2O3S/c1-17(15,16)7-6-10(14)8-2-4-9(5-3-8)11(12)13/h2-5,10-11,14H,6-7H2,1H3. The van der Waals surface area contributed by atoms with E-state index < -0.39 is 22.4 Å². The first-order valence-corrected chi connectivity index (χ1v) is 7.09. The second-order valence-corrected chi connectivity index (χ2v) is 6.16. The summed E-state index contributed by atoms with van der Waals surface area (Å²) in [5, 5.41) is 9.66. The summed E-state index contributed by atoms with van der Waals surface area (Å²) in [6, 6.07) is 5.22. The molecule has 3 nitrogen and oxygen atoms in total. The minimum Gasteiger partial charge on any atom is -0.388 e. The molecule has 0 amide bonds. The van der Waals surface area contributed by atoms with Gasteiger partial charge >= 0.3 is 0 Å². The average Bonchev–Trinajstić information content (AvgIpc) is 2.25. The monoisotopic (exact) mass is 264 g/mol. The first-order chi connectivity index (χ1) is 7.79. The van der Waals surface area contributed by atoms with Crippen LogP contribution in [0.15, 0.2) is 24.3 Å². The van der Waals surface area contributed by atoms with Crippen LogP contribution in [0.5, 0.6) is 0 Å². The van der Waals surface area contributed by atoms with Crippen LogP contribution in [-0.2, 0) is 9.84 Å². The van der Waals surface area contributed by atoms with E-state index in [2.05, 4.69) is 0 Å². The number of aliphatic hydroxyl groups excluding tert-OH is 1. The second-order valence-electron chi connectivity index (χ2n) is 3.90. The van der Waals surface area contributed by atoms with Gasteiger partial charge in [-0.3, -0.25) is 0 Å². The van der Waals surface area contributed by atoms with E-state index in [0.29, 0.717) is 5.56 Å². The third kappa shape index (κ3) is 4.79. The maximum absolute atomic E-state index is 12.3. The number of sulfone groups is 1. The van der Waals surface area contributed by atoms with Crippen LogP contribution in [0.4, 0.5) is 8.78 Å². The third-order valence-corrected chi connectivity index (χ3v) is 3.31. The van der Waals surface area contributed by atoms with Crippen molar-refractivity contribution in [2.75, 3.05) is 12.0 Å². The molecule has 1 N–H and O–H groups in total. The topological polar surface area (TPSA) is 54.4 Å². The number of aliphatic hydroxyl groups is 1. The van der Waals surface area contributed by atoms with Gasteiger partial charge in [0.15, 0.2) is 0 Å². The second kappa shape index (κ2) is 5.55. The van der Waals surface area contributed by atoms with Gasteiger partial charge in [-0.2, -0.15) is 0 Å². The molecular formula is C11H14F2O3S. The molecule has 0 aliphatic heterocycles. The summed E-state index contributed by atoms with van der Waals surface area (Å²) in [5.74, 6) is -0.134. The average molecular weight is 264 g/mol. The summed E-state index contributed by atoms with van der Waals surface area (Å²) in [5.41, 5.74) is 0.321. The fourth-order valence-corrected chi connectivity index (χ4v) is 2.01. The van der Waals surface area contributed by atoms with Gasteiger partial charge in [0.2, 0.25) is 0 Å². The van der Waals surface area contributed by atoms with E-state index in [4.69, 9.17) is 0 Å². The van der Waals surface area contributed by atoms with E-state index in [1.807, 2.05) is 0 Å².